The minimum Gasteiger partial charge on any atom is -0.497 e. The molecule has 0 amide bonds. The normalized spacial score (nSPS) is 10.9. The summed E-state index contributed by atoms with van der Waals surface area (Å²) < 4.78 is 27.9. The van der Waals surface area contributed by atoms with Crippen LogP contribution in [0.15, 0.2) is 60.9 Å². The lowest BCUT2D eigenvalue weighted by atomic mass is 10.2. The van der Waals surface area contributed by atoms with E-state index in [0.29, 0.717) is 23.3 Å². The van der Waals surface area contributed by atoms with E-state index in [1.165, 1.54) is 6.07 Å². The molecule has 8 heteroatoms. The van der Waals surface area contributed by atoms with Crippen LogP contribution < -0.4 is 10.1 Å². The van der Waals surface area contributed by atoms with Crippen LogP contribution in [-0.2, 0) is 11.3 Å². The molecule has 2 aromatic carbocycles. The van der Waals surface area contributed by atoms with Crippen molar-refractivity contribution in [3.05, 3.63) is 81.6 Å². The van der Waals surface area contributed by atoms with E-state index in [9.17, 15) is 9.18 Å². The molecule has 2 heterocycles. The molecule has 0 aliphatic heterocycles. The summed E-state index contributed by atoms with van der Waals surface area (Å²) >= 11 is 2.05. The molecule has 0 bridgehead atoms. The van der Waals surface area contributed by atoms with Gasteiger partial charge in [0.2, 0.25) is 0 Å². The number of fused-ring (bicyclic) bond motifs is 1. The molecule has 0 radical (unpaired) electrons. The number of pyridine rings is 1. The Morgan fingerprint density at radius 1 is 1.19 bits per heavy atom. The maximum atomic E-state index is 14.6. The summed E-state index contributed by atoms with van der Waals surface area (Å²) in [5.74, 6) is -0.158. The molecule has 0 atom stereocenters. The van der Waals surface area contributed by atoms with Gasteiger partial charge in [0.05, 0.1) is 30.6 Å². The predicted molar refractivity (Wildman–Crippen MR) is 130 cm³/mol. The number of rotatable bonds is 7. The molecular formula is C24H21FIN3O3. The Hall–Kier alpha value is -3.14. The van der Waals surface area contributed by atoms with Crippen LogP contribution >= 0.6 is 22.6 Å². The van der Waals surface area contributed by atoms with Gasteiger partial charge in [-0.2, -0.15) is 0 Å². The first-order valence-corrected chi connectivity index (χ1v) is 11.1. The SMILES string of the molecule is CCOC(=O)c1c(Nc2ccc(I)cc2F)c2cnccc2n1Cc1ccc(OC)cc1. The molecule has 32 heavy (non-hydrogen) atoms. The molecule has 0 spiro atoms. The third-order valence-corrected chi connectivity index (χ3v) is 5.70. The molecule has 1 N–H and O–H groups in total. The Kier molecular flexibility index (Phi) is 6.59. The number of carbonyl (C=O) groups excluding carboxylic acids is 1. The number of anilines is 2. The number of hydrogen-bond acceptors (Lipinski definition) is 5. The molecule has 0 saturated carbocycles. The van der Waals surface area contributed by atoms with Gasteiger partial charge in [-0.05, 0) is 71.5 Å². The standard InChI is InChI=1S/C24H21FIN3O3/c1-3-32-24(30)23-22(28-20-9-6-16(26)12-19(20)25)18-13-27-11-10-21(18)29(23)14-15-4-7-17(31-2)8-5-15/h4-13,28H,3,14H2,1-2H3. The van der Waals surface area contributed by atoms with E-state index in [1.807, 2.05) is 34.9 Å². The van der Waals surface area contributed by atoms with Crippen molar-refractivity contribution in [2.75, 3.05) is 19.0 Å². The van der Waals surface area contributed by atoms with Gasteiger partial charge in [-0.1, -0.05) is 12.1 Å². The van der Waals surface area contributed by atoms with Crippen molar-refractivity contribution in [2.24, 2.45) is 0 Å². The number of hydrogen-bond donors (Lipinski definition) is 1. The first-order chi connectivity index (χ1) is 15.5. The number of benzene rings is 2. The van der Waals surface area contributed by atoms with Crippen molar-refractivity contribution in [1.29, 1.82) is 0 Å². The smallest absolute Gasteiger partial charge is 0.357 e. The molecule has 0 saturated heterocycles. The first-order valence-electron chi connectivity index (χ1n) is 10.00. The van der Waals surface area contributed by atoms with Gasteiger partial charge in [-0.3, -0.25) is 4.98 Å². The van der Waals surface area contributed by atoms with Gasteiger partial charge < -0.3 is 19.4 Å². The first kappa shape index (κ1) is 22.1. The number of ether oxygens (including phenoxy) is 2. The molecule has 0 aliphatic rings. The fourth-order valence-electron chi connectivity index (χ4n) is 3.54. The molecule has 164 valence electrons. The third kappa shape index (κ3) is 4.40. The lowest BCUT2D eigenvalue weighted by Crippen LogP contribution is -2.15. The van der Waals surface area contributed by atoms with Crippen molar-refractivity contribution in [3.63, 3.8) is 0 Å². The van der Waals surface area contributed by atoms with Crippen molar-refractivity contribution >= 4 is 50.8 Å². The summed E-state index contributed by atoms with van der Waals surface area (Å²) in [6, 6.07) is 14.3. The average Bonchev–Trinajstić information content (AvgIpc) is 3.09. The maximum absolute atomic E-state index is 14.6. The number of halogens is 2. The van der Waals surface area contributed by atoms with Gasteiger partial charge >= 0.3 is 5.97 Å². The summed E-state index contributed by atoms with van der Waals surface area (Å²) in [5.41, 5.74) is 2.79. The summed E-state index contributed by atoms with van der Waals surface area (Å²) in [4.78, 5) is 17.3. The quantitative estimate of drug-likeness (QED) is 0.237. The van der Waals surface area contributed by atoms with Crippen LogP contribution in [0.5, 0.6) is 5.75 Å². The molecular weight excluding hydrogens is 524 g/mol. The van der Waals surface area contributed by atoms with E-state index in [1.54, 1.807) is 38.6 Å². The van der Waals surface area contributed by atoms with E-state index in [0.717, 1.165) is 20.4 Å². The van der Waals surface area contributed by atoms with Gasteiger partial charge in [0.25, 0.3) is 0 Å². The molecule has 4 aromatic rings. The van der Waals surface area contributed by atoms with E-state index < -0.39 is 11.8 Å². The molecule has 0 unspecified atom stereocenters. The number of nitrogens with zero attached hydrogens (tertiary/aromatic N) is 2. The highest BCUT2D eigenvalue weighted by Gasteiger charge is 2.25. The van der Waals surface area contributed by atoms with E-state index in [-0.39, 0.29) is 12.3 Å². The fraction of sp³-hybridized carbons (Fsp3) is 0.167. The van der Waals surface area contributed by atoms with Gasteiger partial charge in [0.1, 0.15) is 11.6 Å². The summed E-state index contributed by atoms with van der Waals surface area (Å²) in [7, 11) is 1.61. The monoisotopic (exact) mass is 545 g/mol. The second-order valence-corrected chi connectivity index (χ2v) is 8.27. The van der Waals surface area contributed by atoms with E-state index in [4.69, 9.17) is 9.47 Å². The van der Waals surface area contributed by atoms with Gasteiger partial charge in [0, 0.05) is 27.9 Å². The summed E-state index contributed by atoms with van der Waals surface area (Å²) in [6.45, 7) is 2.38. The van der Waals surface area contributed by atoms with Crippen molar-refractivity contribution in [2.45, 2.75) is 13.5 Å². The predicted octanol–water partition coefficient (Wildman–Crippen LogP) is 5.76. The Balaban J connectivity index is 1.88. The molecule has 0 fully saturated rings. The summed E-state index contributed by atoms with van der Waals surface area (Å²) in [5, 5.41) is 3.81. The second kappa shape index (κ2) is 9.56. The minimum absolute atomic E-state index is 0.221. The van der Waals surface area contributed by atoms with Crippen LogP contribution in [-0.4, -0.2) is 29.2 Å². The van der Waals surface area contributed by atoms with Crippen LogP contribution in [0, 0.1) is 9.39 Å². The van der Waals surface area contributed by atoms with Crippen molar-refractivity contribution in [3.8, 4) is 5.75 Å². The molecule has 0 aliphatic carbocycles. The zero-order valence-electron chi connectivity index (χ0n) is 17.6. The summed E-state index contributed by atoms with van der Waals surface area (Å²) in [6.07, 6.45) is 3.33. The molecule has 6 nitrogen and oxygen atoms in total. The Morgan fingerprint density at radius 2 is 1.97 bits per heavy atom. The number of nitrogens with one attached hydrogen (secondary N) is 1. The van der Waals surface area contributed by atoms with Gasteiger partial charge in [-0.15, -0.1) is 0 Å². The average molecular weight is 545 g/mol. The molecule has 2 aromatic heterocycles. The molecule has 4 rings (SSSR count). The highest BCUT2D eigenvalue weighted by atomic mass is 127. The second-order valence-electron chi connectivity index (χ2n) is 7.02. The van der Waals surface area contributed by atoms with Crippen molar-refractivity contribution in [1.82, 2.24) is 9.55 Å². The van der Waals surface area contributed by atoms with Crippen molar-refractivity contribution < 1.29 is 18.7 Å². The number of carbonyl (C=O) groups is 1. The highest BCUT2D eigenvalue weighted by Crippen LogP contribution is 2.35. The fourth-order valence-corrected chi connectivity index (χ4v) is 3.99. The lowest BCUT2D eigenvalue weighted by Gasteiger charge is -2.13. The van der Waals surface area contributed by atoms with Crippen LogP contribution in [0.1, 0.15) is 23.0 Å². The number of aromatic nitrogens is 2. The lowest BCUT2D eigenvalue weighted by molar-refractivity contribution is 0.0516. The zero-order chi connectivity index (χ0) is 22.7. The largest absolute Gasteiger partial charge is 0.497 e. The topological polar surface area (TPSA) is 65.4 Å². The van der Waals surface area contributed by atoms with E-state index in [2.05, 4.69) is 32.9 Å². The number of esters is 1. The maximum Gasteiger partial charge on any atom is 0.357 e. The van der Waals surface area contributed by atoms with E-state index >= 15 is 0 Å². The van der Waals surface area contributed by atoms with Crippen LogP contribution in [0.25, 0.3) is 10.9 Å². The minimum atomic E-state index is -0.495. The Morgan fingerprint density at radius 3 is 2.66 bits per heavy atom. The van der Waals surface area contributed by atoms with Crippen LogP contribution in [0.2, 0.25) is 0 Å². The highest BCUT2D eigenvalue weighted by molar-refractivity contribution is 14.1. The Labute approximate surface area is 198 Å². The zero-order valence-corrected chi connectivity index (χ0v) is 19.7. The van der Waals surface area contributed by atoms with Gasteiger partial charge in [-0.25, -0.2) is 9.18 Å². The number of methoxy groups -OCH3 is 1. The van der Waals surface area contributed by atoms with Gasteiger partial charge in [0.15, 0.2) is 5.69 Å². The van der Waals surface area contributed by atoms with Crippen LogP contribution in [0.3, 0.4) is 0 Å². The third-order valence-electron chi connectivity index (χ3n) is 5.02. The Bertz CT molecular complexity index is 1270. The van der Waals surface area contributed by atoms with Crippen LogP contribution in [0.4, 0.5) is 15.8 Å².